The van der Waals surface area contributed by atoms with Crippen LogP contribution in [-0.4, -0.2) is 17.4 Å². The van der Waals surface area contributed by atoms with E-state index >= 15 is 0 Å². The smallest absolute Gasteiger partial charge is 0.246 e. The molecule has 2 aromatic carbocycles. The number of benzene rings is 2. The van der Waals surface area contributed by atoms with Crippen molar-refractivity contribution in [2.45, 2.75) is 12.5 Å². The molecule has 0 aliphatic carbocycles. The maximum atomic E-state index is 12.1. The summed E-state index contributed by atoms with van der Waals surface area (Å²) in [6.45, 7) is 4.68. The summed E-state index contributed by atoms with van der Waals surface area (Å²) < 4.78 is 0.993. The lowest BCUT2D eigenvalue weighted by Crippen LogP contribution is -2.37. The quantitative estimate of drug-likeness (QED) is 0.605. The number of hydrogen-bond donors (Lipinski definition) is 0. The van der Waals surface area contributed by atoms with Crippen LogP contribution < -0.4 is 0 Å². The van der Waals surface area contributed by atoms with Crippen LogP contribution in [0.5, 0.6) is 0 Å². The van der Waals surface area contributed by atoms with Crippen LogP contribution in [0.25, 0.3) is 0 Å². The molecule has 2 aromatic rings. The first-order chi connectivity index (χ1) is 11.0. The largest absolute Gasteiger partial charge is 0.334 e. The molecule has 0 fully saturated rings. The van der Waals surface area contributed by atoms with Gasteiger partial charge in [0.25, 0.3) is 0 Å². The van der Waals surface area contributed by atoms with E-state index in [1.807, 2.05) is 30.3 Å². The van der Waals surface area contributed by atoms with Gasteiger partial charge in [0.05, 0.1) is 0 Å². The average Bonchev–Trinajstić information content (AvgIpc) is 2.54. The van der Waals surface area contributed by atoms with Gasteiger partial charge in [-0.1, -0.05) is 57.8 Å². The van der Waals surface area contributed by atoms with Crippen LogP contribution in [0.1, 0.15) is 22.6 Å². The molecule has 5 heteroatoms. The maximum absolute atomic E-state index is 12.1. The molecule has 1 atom stereocenters. The molecule has 0 radical (unpaired) electrons. The number of carbonyl (C=O) groups excluding carboxylic acids is 1. The van der Waals surface area contributed by atoms with Gasteiger partial charge in [0.2, 0.25) is 5.91 Å². The minimum atomic E-state index is -0.0910. The molecule has 2 nitrogen and oxygen atoms in total. The molecule has 3 rings (SSSR count). The fourth-order valence-corrected chi connectivity index (χ4v) is 4.05. The molecular formula is C18H14BrCl2NO. The van der Waals surface area contributed by atoms with Gasteiger partial charge in [-0.2, -0.15) is 0 Å². The lowest BCUT2D eigenvalue weighted by Gasteiger charge is -2.35. The summed E-state index contributed by atoms with van der Waals surface area (Å²) in [5.74, 6) is -0.159. The van der Waals surface area contributed by atoms with Crippen LogP contribution in [0.15, 0.2) is 53.5 Å². The molecule has 0 bridgehead atoms. The highest BCUT2D eigenvalue weighted by atomic mass is 79.9. The van der Waals surface area contributed by atoms with Gasteiger partial charge in [-0.3, -0.25) is 4.79 Å². The third kappa shape index (κ3) is 3.18. The van der Waals surface area contributed by atoms with Crippen molar-refractivity contribution in [1.82, 2.24) is 4.90 Å². The monoisotopic (exact) mass is 409 g/mol. The number of fused-ring (bicyclic) bond motifs is 1. The first kappa shape index (κ1) is 16.6. The SMILES string of the molecule is C=CC(=O)N1Cc2ccc(Br)cc2[C@H](c2c(Cl)cccc2Cl)C1. The van der Waals surface area contributed by atoms with Crippen LogP contribution in [-0.2, 0) is 11.3 Å². The summed E-state index contributed by atoms with van der Waals surface area (Å²) in [6, 6.07) is 11.6. The molecule has 1 aliphatic heterocycles. The number of amides is 1. The molecule has 23 heavy (non-hydrogen) atoms. The highest BCUT2D eigenvalue weighted by molar-refractivity contribution is 9.10. The zero-order valence-corrected chi connectivity index (χ0v) is 15.3. The number of rotatable bonds is 2. The Morgan fingerprint density at radius 3 is 2.61 bits per heavy atom. The highest BCUT2D eigenvalue weighted by Crippen LogP contribution is 2.41. The molecule has 118 valence electrons. The molecular weight excluding hydrogens is 397 g/mol. The summed E-state index contributed by atoms with van der Waals surface area (Å²) >= 11 is 16.3. The molecule has 1 heterocycles. The second kappa shape index (κ2) is 6.68. The van der Waals surface area contributed by atoms with E-state index in [2.05, 4.69) is 28.6 Å². The first-order valence-electron chi connectivity index (χ1n) is 7.15. The Hall–Kier alpha value is -1.29. The lowest BCUT2D eigenvalue weighted by atomic mass is 9.84. The Morgan fingerprint density at radius 2 is 1.96 bits per heavy atom. The van der Waals surface area contributed by atoms with E-state index in [9.17, 15) is 4.79 Å². The normalized spacial score (nSPS) is 16.8. The molecule has 0 unspecified atom stereocenters. The van der Waals surface area contributed by atoms with E-state index in [4.69, 9.17) is 23.2 Å². The summed E-state index contributed by atoms with van der Waals surface area (Å²) in [4.78, 5) is 13.9. The van der Waals surface area contributed by atoms with Gasteiger partial charge in [0, 0.05) is 33.5 Å². The van der Waals surface area contributed by atoms with Crippen molar-refractivity contribution in [3.05, 3.63) is 80.3 Å². The molecule has 0 saturated carbocycles. The zero-order chi connectivity index (χ0) is 16.6. The Balaban J connectivity index is 2.16. The van der Waals surface area contributed by atoms with Crippen molar-refractivity contribution in [2.24, 2.45) is 0 Å². The second-order valence-corrected chi connectivity index (χ2v) is 7.18. The van der Waals surface area contributed by atoms with Gasteiger partial charge in [0.1, 0.15) is 0 Å². The lowest BCUT2D eigenvalue weighted by molar-refractivity contribution is -0.127. The van der Waals surface area contributed by atoms with Gasteiger partial charge in [0.15, 0.2) is 0 Å². The van der Waals surface area contributed by atoms with Gasteiger partial charge in [-0.05, 0) is 47.0 Å². The van der Waals surface area contributed by atoms with Crippen LogP contribution >= 0.6 is 39.1 Å². The maximum Gasteiger partial charge on any atom is 0.246 e. The fourth-order valence-electron chi connectivity index (χ4n) is 3.01. The molecule has 1 aliphatic rings. The molecule has 1 amide bonds. The van der Waals surface area contributed by atoms with Gasteiger partial charge in [-0.25, -0.2) is 0 Å². The minimum Gasteiger partial charge on any atom is -0.334 e. The van der Waals surface area contributed by atoms with E-state index in [-0.39, 0.29) is 11.8 Å². The zero-order valence-electron chi connectivity index (χ0n) is 12.2. The van der Waals surface area contributed by atoms with E-state index in [1.165, 1.54) is 6.08 Å². The highest BCUT2D eigenvalue weighted by Gasteiger charge is 2.31. The van der Waals surface area contributed by atoms with Crippen molar-refractivity contribution in [1.29, 1.82) is 0 Å². The molecule has 0 aromatic heterocycles. The van der Waals surface area contributed by atoms with Crippen LogP contribution in [0, 0.1) is 0 Å². The number of halogens is 3. The predicted molar refractivity (Wildman–Crippen MR) is 98.1 cm³/mol. The molecule has 0 spiro atoms. The summed E-state index contributed by atoms with van der Waals surface area (Å²) in [6.07, 6.45) is 1.34. The molecule has 0 saturated heterocycles. The Morgan fingerprint density at radius 1 is 1.26 bits per heavy atom. The van der Waals surface area contributed by atoms with Crippen LogP contribution in [0.2, 0.25) is 10.0 Å². The Labute approximate surface area is 153 Å². The predicted octanol–water partition coefficient (Wildman–Crippen LogP) is 5.42. The minimum absolute atomic E-state index is 0.0682. The molecule has 0 N–H and O–H groups in total. The third-order valence-corrected chi connectivity index (χ3v) is 5.23. The average molecular weight is 411 g/mol. The van der Waals surface area contributed by atoms with Crippen molar-refractivity contribution in [2.75, 3.05) is 6.54 Å². The van der Waals surface area contributed by atoms with Crippen molar-refractivity contribution in [3.8, 4) is 0 Å². The first-order valence-corrected chi connectivity index (χ1v) is 8.69. The Kier molecular flexibility index (Phi) is 4.81. The number of carbonyl (C=O) groups is 1. The van der Waals surface area contributed by atoms with Crippen LogP contribution in [0.4, 0.5) is 0 Å². The number of hydrogen-bond acceptors (Lipinski definition) is 1. The van der Waals surface area contributed by atoms with Gasteiger partial charge < -0.3 is 4.90 Å². The summed E-state index contributed by atoms with van der Waals surface area (Å²) in [5.41, 5.74) is 3.09. The summed E-state index contributed by atoms with van der Waals surface area (Å²) in [7, 11) is 0. The van der Waals surface area contributed by atoms with Crippen molar-refractivity contribution in [3.63, 3.8) is 0 Å². The fraction of sp³-hybridized carbons (Fsp3) is 0.167. The topological polar surface area (TPSA) is 20.3 Å². The summed E-state index contributed by atoms with van der Waals surface area (Å²) in [5, 5.41) is 1.22. The standard InChI is InChI=1S/C18H14BrCl2NO/c1-2-17(23)22-9-11-6-7-12(19)8-13(11)14(10-22)18-15(20)4-3-5-16(18)21/h2-8,14H,1,9-10H2/t14-/m1/s1. The van der Waals surface area contributed by atoms with Gasteiger partial charge >= 0.3 is 0 Å². The van der Waals surface area contributed by atoms with E-state index < -0.39 is 0 Å². The number of nitrogens with zero attached hydrogens (tertiary/aromatic N) is 1. The van der Waals surface area contributed by atoms with Crippen LogP contribution in [0.3, 0.4) is 0 Å². The van der Waals surface area contributed by atoms with Crippen molar-refractivity contribution >= 4 is 45.0 Å². The van der Waals surface area contributed by atoms with E-state index in [0.717, 1.165) is 21.2 Å². The van der Waals surface area contributed by atoms with Crippen molar-refractivity contribution < 1.29 is 4.79 Å². The van der Waals surface area contributed by atoms with E-state index in [1.54, 1.807) is 4.90 Å². The van der Waals surface area contributed by atoms with Gasteiger partial charge in [-0.15, -0.1) is 0 Å². The van der Waals surface area contributed by atoms with E-state index in [0.29, 0.717) is 23.1 Å². The second-order valence-electron chi connectivity index (χ2n) is 5.45. The Bertz CT molecular complexity index is 770. The third-order valence-electron chi connectivity index (χ3n) is 4.08.